The summed E-state index contributed by atoms with van der Waals surface area (Å²) >= 11 is 7.61. The van der Waals surface area contributed by atoms with Crippen molar-refractivity contribution in [3.8, 4) is 11.4 Å². The Morgan fingerprint density at radius 3 is 2.89 bits per heavy atom. The lowest BCUT2D eigenvalue weighted by atomic mass is 10.2. The number of aromatic nitrogens is 4. The monoisotopic (exact) mass is 286 g/mol. The molecule has 0 unspecified atom stereocenters. The number of thiophene rings is 1. The summed E-state index contributed by atoms with van der Waals surface area (Å²) in [7, 11) is 0. The maximum absolute atomic E-state index is 6.13. The number of nitrogens with zero attached hydrogens (tertiary/aromatic N) is 4. The second-order valence-corrected chi connectivity index (χ2v) is 5.59. The highest BCUT2D eigenvalue weighted by Gasteiger charge is 2.12. The molecule has 0 amide bonds. The first-order chi connectivity index (χ1) is 9.33. The smallest absolute Gasteiger partial charge is 0.184 e. The van der Waals surface area contributed by atoms with Gasteiger partial charge in [-0.1, -0.05) is 23.7 Å². The van der Waals surface area contributed by atoms with Crippen LogP contribution in [-0.2, 0) is 0 Å². The van der Waals surface area contributed by atoms with Crippen LogP contribution in [-0.4, -0.2) is 19.6 Å². The van der Waals surface area contributed by atoms with Gasteiger partial charge in [-0.25, -0.2) is 14.5 Å². The minimum Gasteiger partial charge on any atom is -0.236 e. The van der Waals surface area contributed by atoms with E-state index in [1.165, 1.54) is 11.3 Å². The Balaban J connectivity index is 2.06. The highest BCUT2D eigenvalue weighted by atomic mass is 35.5. The van der Waals surface area contributed by atoms with E-state index in [1.807, 2.05) is 35.7 Å². The van der Waals surface area contributed by atoms with Crippen molar-refractivity contribution in [1.82, 2.24) is 19.6 Å². The van der Waals surface area contributed by atoms with Crippen LogP contribution in [0, 0.1) is 0 Å². The zero-order chi connectivity index (χ0) is 12.8. The molecule has 0 spiro atoms. The Labute approximate surface area is 117 Å². The molecular weight excluding hydrogens is 280 g/mol. The summed E-state index contributed by atoms with van der Waals surface area (Å²) in [6, 6.07) is 9.80. The first-order valence-electron chi connectivity index (χ1n) is 5.66. The van der Waals surface area contributed by atoms with E-state index in [4.69, 9.17) is 11.6 Å². The molecule has 0 aliphatic heterocycles. The van der Waals surface area contributed by atoms with E-state index in [9.17, 15) is 0 Å². The standard InChI is InChI=1S/C13H7ClN4S/c14-11-9(5-6-19-11)12-16-13-8-3-1-2-4-10(8)15-7-18(13)17-12/h1-7H. The van der Waals surface area contributed by atoms with Crippen molar-refractivity contribution in [2.45, 2.75) is 0 Å². The lowest BCUT2D eigenvalue weighted by Gasteiger charge is -1.96. The third kappa shape index (κ3) is 1.63. The number of rotatable bonds is 1. The van der Waals surface area contributed by atoms with Crippen molar-refractivity contribution < 1.29 is 0 Å². The average Bonchev–Trinajstić information content (AvgIpc) is 3.04. The Morgan fingerprint density at radius 2 is 2.05 bits per heavy atom. The highest BCUT2D eigenvalue weighted by Crippen LogP contribution is 2.31. The Hall–Kier alpha value is -1.98. The van der Waals surface area contributed by atoms with Gasteiger partial charge in [-0.15, -0.1) is 16.4 Å². The number of hydrogen-bond acceptors (Lipinski definition) is 4. The van der Waals surface area contributed by atoms with Crippen LogP contribution in [0.2, 0.25) is 4.34 Å². The molecule has 19 heavy (non-hydrogen) atoms. The van der Waals surface area contributed by atoms with Gasteiger partial charge in [0.1, 0.15) is 10.7 Å². The number of halogens is 1. The van der Waals surface area contributed by atoms with Gasteiger partial charge in [0.2, 0.25) is 0 Å². The number of benzene rings is 1. The van der Waals surface area contributed by atoms with Crippen molar-refractivity contribution in [2.24, 2.45) is 0 Å². The van der Waals surface area contributed by atoms with Gasteiger partial charge in [-0.2, -0.15) is 0 Å². The molecule has 1 aromatic carbocycles. The molecule has 0 fully saturated rings. The molecule has 0 saturated heterocycles. The quantitative estimate of drug-likeness (QED) is 0.536. The second-order valence-electron chi connectivity index (χ2n) is 4.07. The first kappa shape index (κ1) is 10.9. The van der Waals surface area contributed by atoms with Crippen molar-refractivity contribution >= 4 is 39.5 Å². The molecule has 4 rings (SSSR count). The molecule has 0 aliphatic rings. The van der Waals surface area contributed by atoms with Crippen molar-refractivity contribution in [2.75, 3.05) is 0 Å². The maximum atomic E-state index is 6.13. The molecule has 4 nitrogen and oxygen atoms in total. The van der Waals surface area contributed by atoms with Crippen molar-refractivity contribution in [3.63, 3.8) is 0 Å². The van der Waals surface area contributed by atoms with Crippen LogP contribution in [0.3, 0.4) is 0 Å². The van der Waals surface area contributed by atoms with Crippen LogP contribution < -0.4 is 0 Å². The molecule has 3 heterocycles. The molecular formula is C13H7ClN4S. The van der Waals surface area contributed by atoms with E-state index in [1.54, 1.807) is 10.8 Å². The normalized spacial score (nSPS) is 11.4. The summed E-state index contributed by atoms with van der Waals surface area (Å²) in [5.41, 5.74) is 2.56. The van der Waals surface area contributed by atoms with Gasteiger partial charge in [-0.05, 0) is 23.6 Å². The molecule has 0 bridgehead atoms. The topological polar surface area (TPSA) is 43.1 Å². The zero-order valence-electron chi connectivity index (χ0n) is 9.62. The second kappa shape index (κ2) is 4.01. The average molecular weight is 287 g/mol. The largest absolute Gasteiger partial charge is 0.236 e. The van der Waals surface area contributed by atoms with E-state index < -0.39 is 0 Å². The Kier molecular flexibility index (Phi) is 2.30. The molecule has 0 radical (unpaired) electrons. The summed E-state index contributed by atoms with van der Waals surface area (Å²) in [4.78, 5) is 8.93. The Bertz CT molecular complexity index is 896. The molecule has 0 N–H and O–H groups in total. The summed E-state index contributed by atoms with van der Waals surface area (Å²) in [5, 5.41) is 7.34. The van der Waals surface area contributed by atoms with Crippen LogP contribution in [0.25, 0.3) is 27.9 Å². The maximum Gasteiger partial charge on any atom is 0.184 e. The van der Waals surface area contributed by atoms with Crippen molar-refractivity contribution in [1.29, 1.82) is 0 Å². The summed E-state index contributed by atoms with van der Waals surface area (Å²) in [6.45, 7) is 0. The van der Waals surface area contributed by atoms with Crippen LogP contribution in [0.15, 0.2) is 42.0 Å². The van der Waals surface area contributed by atoms with Gasteiger partial charge < -0.3 is 0 Å². The minimum atomic E-state index is 0.629. The SMILES string of the molecule is Clc1sccc1-c1nc2c3ccccc3ncn2n1. The predicted octanol–water partition coefficient (Wildman–Crippen LogP) is 3.66. The first-order valence-corrected chi connectivity index (χ1v) is 6.92. The third-order valence-electron chi connectivity index (χ3n) is 2.94. The van der Waals surface area contributed by atoms with E-state index in [0.29, 0.717) is 10.2 Å². The number of para-hydroxylation sites is 1. The van der Waals surface area contributed by atoms with Gasteiger partial charge in [0.05, 0.1) is 11.1 Å². The minimum absolute atomic E-state index is 0.629. The molecule has 0 aliphatic carbocycles. The van der Waals surface area contributed by atoms with E-state index in [2.05, 4.69) is 15.1 Å². The van der Waals surface area contributed by atoms with Gasteiger partial charge in [0.25, 0.3) is 0 Å². The van der Waals surface area contributed by atoms with E-state index in [-0.39, 0.29) is 0 Å². The fourth-order valence-electron chi connectivity index (χ4n) is 2.05. The number of fused-ring (bicyclic) bond motifs is 3. The summed E-state index contributed by atoms with van der Waals surface area (Å²) < 4.78 is 2.39. The van der Waals surface area contributed by atoms with Crippen LogP contribution in [0.1, 0.15) is 0 Å². The fourth-order valence-corrected chi connectivity index (χ4v) is 2.96. The molecule has 0 atom stereocenters. The van der Waals surface area contributed by atoms with Crippen LogP contribution >= 0.6 is 22.9 Å². The van der Waals surface area contributed by atoms with Gasteiger partial charge in [0, 0.05) is 5.39 Å². The van der Waals surface area contributed by atoms with E-state index in [0.717, 1.165) is 22.1 Å². The van der Waals surface area contributed by atoms with E-state index >= 15 is 0 Å². The molecule has 0 saturated carbocycles. The van der Waals surface area contributed by atoms with Gasteiger partial charge in [-0.3, -0.25) is 0 Å². The van der Waals surface area contributed by atoms with Crippen LogP contribution in [0.4, 0.5) is 0 Å². The molecule has 4 aromatic rings. The fraction of sp³-hybridized carbons (Fsp3) is 0. The third-order valence-corrected chi connectivity index (χ3v) is 4.11. The van der Waals surface area contributed by atoms with Gasteiger partial charge in [0.15, 0.2) is 11.5 Å². The van der Waals surface area contributed by atoms with Crippen molar-refractivity contribution in [3.05, 3.63) is 46.4 Å². The predicted molar refractivity (Wildman–Crippen MR) is 76.6 cm³/mol. The lowest BCUT2D eigenvalue weighted by Crippen LogP contribution is -1.90. The molecule has 3 aromatic heterocycles. The lowest BCUT2D eigenvalue weighted by molar-refractivity contribution is 0.938. The molecule has 6 heteroatoms. The summed E-state index contributed by atoms with van der Waals surface area (Å²) in [5.74, 6) is 0.629. The zero-order valence-corrected chi connectivity index (χ0v) is 11.2. The summed E-state index contributed by atoms with van der Waals surface area (Å²) in [6.07, 6.45) is 1.68. The number of hydrogen-bond donors (Lipinski definition) is 0. The Morgan fingerprint density at radius 1 is 1.16 bits per heavy atom. The van der Waals surface area contributed by atoms with Gasteiger partial charge >= 0.3 is 0 Å². The highest BCUT2D eigenvalue weighted by molar-refractivity contribution is 7.15. The molecule has 92 valence electrons. The van der Waals surface area contributed by atoms with Crippen LogP contribution in [0.5, 0.6) is 0 Å².